The van der Waals surface area contributed by atoms with Crippen LogP contribution in [-0.2, 0) is 11.3 Å². The Balaban J connectivity index is 1.42. The van der Waals surface area contributed by atoms with Gasteiger partial charge in [-0.1, -0.05) is 0 Å². The number of pyridine rings is 1. The number of nitrogens with zero attached hydrogens (tertiary/aromatic N) is 4. The Kier molecular flexibility index (Phi) is 4.92. The predicted molar refractivity (Wildman–Crippen MR) is 101 cm³/mol. The molecule has 2 amide bonds. The van der Waals surface area contributed by atoms with Crippen LogP contribution in [0.1, 0.15) is 34.8 Å². The summed E-state index contributed by atoms with van der Waals surface area (Å²) in [6.07, 6.45) is 8.17. The number of amides is 2. The first-order valence-electron chi connectivity index (χ1n) is 9.21. The summed E-state index contributed by atoms with van der Waals surface area (Å²) in [7, 11) is 0. The van der Waals surface area contributed by atoms with Crippen molar-refractivity contribution in [2.75, 3.05) is 6.54 Å². The van der Waals surface area contributed by atoms with E-state index in [2.05, 4.69) is 15.3 Å². The number of carbonyl (C=O) groups is 2. The highest BCUT2D eigenvalue weighted by molar-refractivity contribution is 5.95. The molecule has 8 nitrogen and oxygen atoms in total. The third-order valence-electron chi connectivity index (χ3n) is 4.90. The average Bonchev–Trinajstić information content (AvgIpc) is 3.46. The van der Waals surface area contributed by atoms with Gasteiger partial charge in [-0.05, 0) is 49.6 Å². The van der Waals surface area contributed by atoms with Crippen molar-refractivity contribution in [1.82, 2.24) is 24.8 Å². The van der Waals surface area contributed by atoms with Crippen LogP contribution in [0.4, 0.5) is 0 Å². The molecule has 0 aromatic carbocycles. The molecule has 1 saturated heterocycles. The van der Waals surface area contributed by atoms with Crippen molar-refractivity contribution < 1.29 is 14.0 Å². The van der Waals surface area contributed by atoms with Crippen molar-refractivity contribution in [3.8, 4) is 5.82 Å². The number of imidazole rings is 1. The van der Waals surface area contributed by atoms with Gasteiger partial charge in [0.15, 0.2) is 5.76 Å². The molecule has 0 radical (unpaired) electrons. The van der Waals surface area contributed by atoms with Crippen molar-refractivity contribution >= 4 is 11.8 Å². The van der Waals surface area contributed by atoms with Crippen LogP contribution >= 0.6 is 0 Å². The van der Waals surface area contributed by atoms with Gasteiger partial charge in [-0.3, -0.25) is 14.2 Å². The smallest absolute Gasteiger partial charge is 0.290 e. The summed E-state index contributed by atoms with van der Waals surface area (Å²) in [4.78, 5) is 35.4. The van der Waals surface area contributed by atoms with E-state index >= 15 is 0 Å². The summed E-state index contributed by atoms with van der Waals surface area (Å²) >= 11 is 0. The second-order valence-electron chi connectivity index (χ2n) is 6.72. The molecular weight excluding hydrogens is 358 g/mol. The maximum atomic E-state index is 12.7. The fourth-order valence-electron chi connectivity index (χ4n) is 3.45. The third kappa shape index (κ3) is 3.53. The molecule has 1 fully saturated rings. The molecule has 1 N–H and O–H groups in total. The average molecular weight is 379 g/mol. The van der Waals surface area contributed by atoms with Gasteiger partial charge < -0.3 is 14.6 Å². The first-order valence-corrected chi connectivity index (χ1v) is 9.21. The number of furan rings is 1. The number of likely N-dealkylation sites (tertiary alicyclic amines) is 1. The maximum absolute atomic E-state index is 12.7. The highest BCUT2D eigenvalue weighted by Crippen LogP contribution is 2.21. The molecule has 3 aromatic rings. The van der Waals surface area contributed by atoms with E-state index in [9.17, 15) is 9.59 Å². The molecule has 4 rings (SSSR count). The quantitative estimate of drug-likeness (QED) is 0.733. The number of aryl methyl sites for hydroxylation is 1. The zero-order valence-electron chi connectivity index (χ0n) is 15.5. The second kappa shape index (κ2) is 7.67. The van der Waals surface area contributed by atoms with Crippen LogP contribution in [0.3, 0.4) is 0 Å². The topological polar surface area (TPSA) is 93.3 Å². The minimum absolute atomic E-state index is 0.158. The van der Waals surface area contributed by atoms with E-state index in [1.807, 2.05) is 29.8 Å². The minimum atomic E-state index is -0.477. The van der Waals surface area contributed by atoms with Gasteiger partial charge in [0.2, 0.25) is 5.91 Å². The van der Waals surface area contributed by atoms with Crippen LogP contribution in [0, 0.1) is 6.92 Å². The van der Waals surface area contributed by atoms with E-state index in [0.29, 0.717) is 19.5 Å². The molecule has 0 unspecified atom stereocenters. The molecule has 1 atom stereocenters. The molecule has 28 heavy (non-hydrogen) atoms. The summed E-state index contributed by atoms with van der Waals surface area (Å²) in [6, 6.07) is 6.58. The highest BCUT2D eigenvalue weighted by Gasteiger charge is 2.35. The van der Waals surface area contributed by atoms with Gasteiger partial charge in [-0.25, -0.2) is 9.97 Å². The Morgan fingerprint density at radius 3 is 2.93 bits per heavy atom. The van der Waals surface area contributed by atoms with Gasteiger partial charge in [0, 0.05) is 31.7 Å². The van der Waals surface area contributed by atoms with Crippen molar-refractivity contribution in [2.45, 2.75) is 32.4 Å². The lowest BCUT2D eigenvalue weighted by Crippen LogP contribution is -2.45. The Hall–Kier alpha value is -3.42. The number of hydrogen-bond donors (Lipinski definition) is 1. The van der Waals surface area contributed by atoms with E-state index in [1.54, 1.807) is 29.4 Å². The number of nitrogens with one attached hydrogen (secondary N) is 1. The van der Waals surface area contributed by atoms with Gasteiger partial charge in [0.25, 0.3) is 5.91 Å². The van der Waals surface area contributed by atoms with Crippen LogP contribution in [0.2, 0.25) is 0 Å². The second-order valence-corrected chi connectivity index (χ2v) is 6.72. The third-order valence-corrected chi connectivity index (χ3v) is 4.90. The molecule has 3 aromatic heterocycles. The highest BCUT2D eigenvalue weighted by atomic mass is 16.3. The lowest BCUT2D eigenvalue weighted by molar-refractivity contribution is -0.125. The first-order chi connectivity index (χ1) is 13.6. The number of hydrogen-bond acceptors (Lipinski definition) is 5. The number of carbonyl (C=O) groups excluding carboxylic acids is 2. The zero-order valence-corrected chi connectivity index (χ0v) is 15.5. The van der Waals surface area contributed by atoms with Gasteiger partial charge in [-0.2, -0.15) is 0 Å². The normalized spacial score (nSPS) is 16.3. The van der Waals surface area contributed by atoms with Crippen LogP contribution in [0.5, 0.6) is 0 Å². The molecule has 0 saturated carbocycles. The van der Waals surface area contributed by atoms with Crippen LogP contribution in [-0.4, -0.2) is 43.8 Å². The van der Waals surface area contributed by atoms with E-state index in [0.717, 1.165) is 23.6 Å². The minimum Gasteiger partial charge on any atom is -0.459 e. The molecule has 144 valence electrons. The SMILES string of the molecule is Cc1nccn1-c1cc(CNC(=O)[C@@H]2CCCN2C(=O)c2ccco2)ccn1. The number of rotatable bonds is 5. The van der Waals surface area contributed by atoms with Crippen LogP contribution < -0.4 is 5.32 Å². The van der Waals surface area contributed by atoms with Gasteiger partial charge in [-0.15, -0.1) is 0 Å². The van der Waals surface area contributed by atoms with Crippen LogP contribution in [0.25, 0.3) is 5.82 Å². The lowest BCUT2D eigenvalue weighted by atomic mass is 10.2. The van der Waals surface area contributed by atoms with Crippen molar-refractivity contribution in [3.05, 3.63) is 66.3 Å². The monoisotopic (exact) mass is 379 g/mol. The molecule has 4 heterocycles. The fourth-order valence-corrected chi connectivity index (χ4v) is 3.45. The Labute approximate surface area is 162 Å². The molecule has 0 spiro atoms. The van der Waals surface area contributed by atoms with Crippen molar-refractivity contribution in [1.29, 1.82) is 0 Å². The Morgan fingerprint density at radius 2 is 2.18 bits per heavy atom. The standard InChI is InChI=1S/C20H21N5O3/c1-14-21-8-10-24(14)18-12-15(6-7-22-18)13-23-19(26)16-4-2-9-25(16)20(27)17-5-3-11-28-17/h3,5-8,10-12,16H,2,4,9,13H2,1H3,(H,23,26)/t16-/m0/s1. The molecule has 8 heteroatoms. The largest absolute Gasteiger partial charge is 0.459 e. The Bertz CT molecular complexity index is 979. The van der Waals surface area contributed by atoms with Gasteiger partial charge in [0.05, 0.1) is 6.26 Å². The lowest BCUT2D eigenvalue weighted by Gasteiger charge is -2.23. The van der Waals surface area contributed by atoms with E-state index < -0.39 is 6.04 Å². The fraction of sp³-hybridized carbons (Fsp3) is 0.300. The number of aromatic nitrogens is 3. The summed E-state index contributed by atoms with van der Waals surface area (Å²) in [5, 5.41) is 2.94. The molecule has 0 bridgehead atoms. The predicted octanol–water partition coefficient (Wildman–Crippen LogP) is 2.09. The van der Waals surface area contributed by atoms with E-state index in [1.165, 1.54) is 6.26 Å². The maximum Gasteiger partial charge on any atom is 0.290 e. The van der Waals surface area contributed by atoms with E-state index in [-0.39, 0.29) is 17.6 Å². The van der Waals surface area contributed by atoms with E-state index in [4.69, 9.17) is 4.42 Å². The molecule has 1 aliphatic rings. The summed E-state index contributed by atoms with van der Waals surface area (Å²) in [5.74, 6) is 1.44. The molecule has 0 aliphatic carbocycles. The van der Waals surface area contributed by atoms with Crippen molar-refractivity contribution in [2.24, 2.45) is 0 Å². The summed E-state index contributed by atoms with van der Waals surface area (Å²) in [5.41, 5.74) is 0.924. The summed E-state index contributed by atoms with van der Waals surface area (Å²) < 4.78 is 7.07. The Morgan fingerprint density at radius 1 is 1.29 bits per heavy atom. The summed E-state index contributed by atoms with van der Waals surface area (Å²) in [6.45, 7) is 2.82. The van der Waals surface area contributed by atoms with Gasteiger partial charge in [0.1, 0.15) is 17.7 Å². The molecule has 1 aliphatic heterocycles. The van der Waals surface area contributed by atoms with Gasteiger partial charge >= 0.3 is 0 Å². The molecular formula is C20H21N5O3. The zero-order chi connectivity index (χ0) is 19.5. The first kappa shape index (κ1) is 18.0. The van der Waals surface area contributed by atoms with Crippen molar-refractivity contribution in [3.63, 3.8) is 0 Å². The van der Waals surface area contributed by atoms with Crippen LogP contribution in [0.15, 0.2) is 53.5 Å².